The van der Waals surface area contributed by atoms with Gasteiger partial charge in [0, 0.05) is 25.2 Å². The van der Waals surface area contributed by atoms with Crippen molar-refractivity contribution in [1.29, 1.82) is 0 Å². The summed E-state index contributed by atoms with van der Waals surface area (Å²) in [6.45, 7) is -0.169. The monoisotopic (exact) mass is 380 g/mol. The van der Waals surface area contributed by atoms with Gasteiger partial charge in [-0.1, -0.05) is 48.5 Å². The number of carbonyl (C=O) groups is 1. The molecule has 0 radical (unpaired) electrons. The van der Waals surface area contributed by atoms with Crippen LogP contribution in [0.5, 0.6) is 0 Å². The van der Waals surface area contributed by atoms with Gasteiger partial charge < -0.3 is 5.32 Å². The van der Waals surface area contributed by atoms with Crippen LogP contribution in [-0.2, 0) is 17.9 Å². The van der Waals surface area contributed by atoms with Crippen LogP contribution < -0.4 is 5.32 Å². The zero-order chi connectivity index (χ0) is 19.5. The predicted molar refractivity (Wildman–Crippen MR) is 93.1 cm³/mol. The van der Waals surface area contributed by atoms with Gasteiger partial charge in [0.15, 0.2) is 5.41 Å². The SMILES string of the molecule is O=C(NCc1ccccc1F)C1(C(F)(F)F)CCN(Cc2ccccc2)C1. The van der Waals surface area contributed by atoms with E-state index in [1.165, 1.54) is 18.2 Å². The molecule has 1 aliphatic heterocycles. The van der Waals surface area contributed by atoms with Crippen LogP contribution in [-0.4, -0.2) is 30.1 Å². The molecule has 2 aromatic rings. The van der Waals surface area contributed by atoms with Crippen LogP contribution in [0.4, 0.5) is 17.6 Å². The fraction of sp³-hybridized carbons (Fsp3) is 0.350. The molecule has 2 aromatic carbocycles. The minimum absolute atomic E-state index is 0.155. The van der Waals surface area contributed by atoms with E-state index >= 15 is 0 Å². The largest absolute Gasteiger partial charge is 0.404 e. The molecule has 0 aliphatic carbocycles. The number of hydrogen-bond acceptors (Lipinski definition) is 2. The number of hydrogen-bond donors (Lipinski definition) is 1. The number of amides is 1. The number of benzene rings is 2. The van der Waals surface area contributed by atoms with Crippen molar-refractivity contribution in [3.8, 4) is 0 Å². The predicted octanol–water partition coefficient (Wildman–Crippen LogP) is 3.90. The lowest BCUT2D eigenvalue weighted by atomic mass is 9.85. The third-order valence-electron chi connectivity index (χ3n) is 4.97. The van der Waals surface area contributed by atoms with Gasteiger partial charge in [0.1, 0.15) is 5.82 Å². The normalized spacial score (nSPS) is 20.6. The second-order valence-electron chi connectivity index (χ2n) is 6.80. The topological polar surface area (TPSA) is 32.3 Å². The van der Waals surface area contributed by atoms with Gasteiger partial charge in [-0.15, -0.1) is 0 Å². The summed E-state index contributed by atoms with van der Waals surface area (Å²) >= 11 is 0. The Hall–Kier alpha value is -2.41. The molecule has 1 fully saturated rings. The molecule has 1 unspecified atom stereocenters. The third kappa shape index (κ3) is 4.13. The summed E-state index contributed by atoms with van der Waals surface area (Å²) in [5, 5.41) is 2.29. The average molecular weight is 380 g/mol. The Morgan fingerprint density at radius 1 is 1.07 bits per heavy atom. The van der Waals surface area contributed by atoms with E-state index in [0.717, 1.165) is 5.56 Å². The minimum atomic E-state index is -4.68. The van der Waals surface area contributed by atoms with Gasteiger partial charge in [-0.2, -0.15) is 13.2 Å². The summed E-state index contributed by atoms with van der Waals surface area (Å²) in [5.41, 5.74) is -1.43. The summed E-state index contributed by atoms with van der Waals surface area (Å²) in [6.07, 6.45) is -5.00. The first kappa shape index (κ1) is 19.4. The molecule has 7 heteroatoms. The van der Waals surface area contributed by atoms with E-state index < -0.39 is 29.9 Å². The van der Waals surface area contributed by atoms with Crippen molar-refractivity contribution in [1.82, 2.24) is 10.2 Å². The summed E-state index contributed by atoms with van der Waals surface area (Å²) in [4.78, 5) is 14.1. The van der Waals surface area contributed by atoms with Crippen molar-refractivity contribution < 1.29 is 22.4 Å². The van der Waals surface area contributed by atoms with Crippen molar-refractivity contribution in [2.75, 3.05) is 13.1 Å². The second-order valence-corrected chi connectivity index (χ2v) is 6.80. The number of nitrogens with zero attached hydrogens (tertiary/aromatic N) is 1. The molecular formula is C20H20F4N2O. The van der Waals surface area contributed by atoms with Gasteiger partial charge in [-0.05, 0) is 24.6 Å². The molecule has 0 aromatic heterocycles. The smallest absolute Gasteiger partial charge is 0.351 e. The molecule has 1 N–H and O–H groups in total. The van der Waals surface area contributed by atoms with Crippen molar-refractivity contribution in [3.63, 3.8) is 0 Å². The van der Waals surface area contributed by atoms with Crippen molar-refractivity contribution >= 4 is 5.91 Å². The van der Waals surface area contributed by atoms with E-state index in [2.05, 4.69) is 5.32 Å². The van der Waals surface area contributed by atoms with Crippen molar-refractivity contribution in [2.24, 2.45) is 5.41 Å². The molecule has 3 rings (SSSR count). The molecule has 1 atom stereocenters. The first-order valence-electron chi connectivity index (χ1n) is 8.66. The summed E-state index contributed by atoms with van der Waals surface area (Å²) in [6, 6.07) is 14.9. The van der Waals surface area contributed by atoms with E-state index in [0.29, 0.717) is 6.54 Å². The van der Waals surface area contributed by atoms with Crippen molar-refractivity contribution in [3.05, 3.63) is 71.5 Å². The Labute approximate surface area is 155 Å². The van der Waals surface area contributed by atoms with E-state index in [9.17, 15) is 22.4 Å². The Morgan fingerprint density at radius 3 is 2.41 bits per heavy atom. The molecule has 0 bridgehead atoms. The number of carbonyl (C=O) groups excluding carboxylic acids is 1. The Morgan fingerprint density at radius 2 is 1.74 bits per heavy atom. The van der Waals surface area contributed by atoms with Crippen LogP contribution in [0.1, 0.15) is 17.5 Å². The number of nitrogens with one attached hydrogen (secondary N) is 1. The minimum Gasteiger partial charge on any atom is -0.351 e. The number of likely N-dealkylation sites (tertiary alicyclic amines) is 1. The van der Waals surface area contributed by atoms with Crippen LogP contribution in [0, 0.1) is 11.2 Å². The zero-order valence-corrected chi connectivity index (χ0v) is 14.6. The highest BCUT2D eigenvalue weighted by Crippen LogP contribution is 2.46. The first-order valence-corrected chi connectivity index (χ1v) is 8.66. The number of alkyl halides is 3. The molecule has 0 spiro atoms. The maximum Gasteiger partial charge on any atom is 0.404 e. The maximum absolute atomic E-state index is 13.8. The maximum atomic E-state index is 13.8. The fourth-order valence-corrected chi connectivity index (χ4v) is 3.40. The standard InChI is InChI=1S/C20H20F4N2O/c21-17-9-5-4-8-16(17)12-25-18(27)19(20(22,23)24)10-11-26(14-19)13-15-6-2-1-3-7-15/h1-9H,10-14H2,(H,25,27). The average Bonchev–Trinajstić information content (AvgIpc) is 3.07. The van der Waals surface area contributed by atoms with E-state index in [1.807, 2.05) is 30.3 Å². The van der Waals surface area contributed by atoms with E-state index in [-0.39, 0.29) is 25.1 Å². The first-order chi connectivity index (χ1) is 12.8. The summed E-state index contributed by atoms with van der Waals surface area (Å²) in [5.74, 6) is -1.66. The summed E-state index contributed by atoms with van der Waals surface area (Å²) in [7, 11) is 0. The second kappa shape index (κ2) is 7.68. The highest BCUT2D eigenvalue weighted by Gasteiger charge is 2.62. The molecule has 1 amide bonds. The van der Waals surface area contributed by atoms with Gasteiger partial charge in [0.05, 0.1) is 0 Å². The number of rotatable bonds is 5. The molecule has 1 heterocycles. The Bertz CT molecular complexity index is 794. The van der Waals surface area contributed by atoms with Gasteiger partial charge in [0.25, 0.3) is 0 Å². The van der Waals surface area contributed by atoms with Crippen LogP contribution in [0.3, 0.4) is 0 Å². The molecule has 27 heavy (non-hydrogen) atoms. The Kier molecular flexibility index (Phi) is 5.51. The molecule has 144 valence electrons. The van der Waals surface area contributed by atoms with E-state index in [4.69, 9.17) is 0 Å². The molecule has 0 saturated carbocycles. The van der Waals surface area contributed by atoms with Crippen LogP contribution in [0.25, 0.3) is 0 Å². The highest BCUT2D eigenvalue weighted by molar-refractivity contribution is 5.84. The molecule has 1 aliphatic rings. The van der Waals surface area contributed by atoms with Gasteiger partial charge in [-0.25, -0.2) is 4.39 Å². The molecule has 1 saturated heterocycles. The molecule has 3 nitrogen and oxygen atoms in total. The molecular weight excluding hydrogens is 360 g/mol. The van der Waals surface area contributed by atoms with Gasteiger partial charge in [-0.3, -0.25) is 9.69 Å². The fourth-order valence-electron chi connectivity index (χ4n) is 3.40. The number of halogens is 4. The highest BCUT2D eigenvalue weighted by atomic mass is 19.4. The van der Waals surface area contributed by atoms with Gasteiger partial charge >= 0.3 is 6.18 Å². The van der Waals surface area contributed by atoms with Crippen molar-refractivity contribution in [2.45, 2.75) is 25.7 Å². The van der Waals surface area contributed by atoms with Crippen LogP contribution in [0.15, 0.2) is 54.6 Å². The zero-order valence-electron chi connectivity index (χ0n) is 14.6. The summed E-state index contributed by atoms with van der Waals surface area (Å²) < 4.78 is 55.1. The van der Waals surface area contributed by atoms with Crippen LogP contribution >= 0.6 is 0 Å². The van der Waals surface area contributed by atoms with E-state index in [1.54, 1.807) is 11.0 Å². The lowest BCUT2D eigenvalue weighted by Gasteiger charge is -2.30. The van der Waals surface area contributed by atoms with Crippen LogP contribution in [0.2, 0.25) is 0 Å². The van der Waals surface area contributed by atoms with Gasteiger partial charge in [0.2, 0.25) is 5.91 Å². The lowest BCUT2D eigenvalue weighted by molar-refractivity contribution is -0.218. The quantitative estimate of drug-likeness (QED) is 0.798. The Balaban J connectivity index is 1.72. The third-order valence-corrected chi connectivity index (χ3v) is 4.97. The lowest BCUT2D eigenvalue weighted by Crippen LogP contribution is -2.52.